The van der Waals surface area contributed by atoms with Crippen LogP contribution in [0, 0.1) is 0 Å². The summed E-state index contributed by atoms with van der Waals surface area (Å²) in [7, 11) is 0. The highest BCUT2D eigenvalue weighted by molar-refractivity contribution is 6.35. The average Bonchev–Trinajstić information content (AvgIpc) is 2.26. The first-order valence-electron chi connectivity index (χ1n) is 5.56. The Labute approximate surface area is 119 Å². The Hall–Kier alpha value is 0.01000. The molecule has 0 amide bonds. The van der Waals surface area contributed by atoms with Crippen molar-refractivity contribution in [3.63, 3.8) is 0 Å². The van der Waals surface area contributed by atoms with E-state index < -0.39 is 0 Å². The lowest BCUT2D eigenvalue weighted by Crippen LogP contribution is -2.49. The standard InChI is InChI=1S/C12H16Cl2N2.ClH/c1-9-7-15-5-6-16(9)8-10-11(13)3-2-4-12(10)14;/h2-4,9,15H,5-8H2,1H3;1H/t9-;/m1./s1. The largest absolute Gasteiger partial charge is 0.314 e. The van der Waals surface area contributed by atoms with E-state index in [0.29, 0.717) is 6.04 Å². The van der Waals surface area contributed by atoms with Crippen molar-refractivity contribution in [1.29, 1.82) is 0 Å². The third-order valence-corrected chi connectivity index (χ3v) is 3.77. The van der Waals surface area contributed by atoms with Crippen molar-refractivity contribution >= 4 is 35.6 Å². The normalized spacial score (nSPS) is 21.0. The van der Waals surface area contributed by atoms with Gasteiger partial charge in [-0.25, -0.2) is 0 Å². The van der Waals surface area contributed by atoms with E-state index in [1.165, 1.54) is 0 Å². The molecule has 0 unspecified atom stereocenters. The first kappa shape index (κ1) is 15.1. The number of piperazine rings is 1. The number of halogens is 3. The lowest BCUT2D eigenvalue weighted by molar-refractivity contribution is 0.166. The summed E-state index contributed by atoms with van der Waals surface area (Å²) < 4.78 is 0. The summed E-state index contributed by atoms with van der Waals surface area (Å²) in [5.41, 5.74) is 1.04. The van der Waals surface area contributed by atoms with E-state index in [-0.39, 0.29) is 12.4 Å². The molecule has 0 aromatic heterocycles. The van der Waals surface area contributed by atoms with Crippen molar-refractivity contribution in [1.82, 2.24) is 10.2 Å². The molecule has 0 radical (unpaired) electrons. The molecular weight excluding hydrogens is 279 g/mol. The van der Waals surface area contributed by atoms with E-state index in [1.54, 1.807) is 0 Å². The van der Waals surface area contributed by atoms with Gasteiger partial charge in [-0.05, 0) is 19.1 Å². The minimum absolute atomic E-state index is 0. The quantitative estimate of drug-likeness (QED) is 0.901. The van der Waals surface area contributed by atoms with Gasteiger partial charge in [-0.1, -0.05) is 29.3 Å². The van der Waals surface area contributed by atoms with Crippen LogP contribution in [0.1, 0.15) is 12.5 Å². The molecule has 2 rings (SSSR count). The molecular formula is C12H17Cl3N2. The van der Waals surface area contributed by atoms with Crippen LogP contribution in [0.25, 0.3) is 0 Å². The van der Waals surface area contributed by atoms with Gasteiger partial charge in [0.15, 0.2) is 0 Å². The molecule has 1 saturated heterocycles. The van der Waals surface area contributed by atoms with Gasteiger partial charge in [0.1, 0.15) is 0 Å². The highest BCUT2D eigenvalue weighted by Gasteiger charge is 2.19. The number of hydrogen-bond acceptors (Lipinski definition) is 2. The third-order valence-electron chi connectivity index (χ3n) is 3.06. The van der Waals surface area contributed by atoms with Gasteiger partial charge in [-0.15, -0.1) is 12.4 Å². The van der Waals surface area contributed by atoms with Crippen LogP contribution in [-0.2, 0) is 6.54 Å². The van der Waals surface area contributed by atoms with Gasteiger partial charge in [0.2, 0.25) is 0 Å². The van der Waals surface area contributed by atoms with E-state index in [0.717, 1.165) is 41.8 Å². The lowest BCUT2D eigenvalue weighted by Gasteiger charge is -2.34. The van der Waals surface area contributed by atoms with Crippen LogP contribution in [0.2, 0.25) is 10.0 Å². The summed E-state index contributed by atoms with van der Waals surface area (Å²) >= 11 is 12.3. The van der Waals surface area contributed by atoms with Gasteiger partial charge >= 0.3 is 0 Å². The van der Waals surface area contributed by atoms with Crippen LogP contribution in [0.5, 0.6) is 0 Å². The van der Waals surface area contributed by atoms with Crippen LogP contribution >= 0.6 is 35.6 Å². The van der Waals surface area contributed by atoms with Crippen molar-refractivity contribution in [3.8, 4) is 0 Å². The zero-order chi connectivity index (χ0) is 11.5. The predicted molar refractivity (Wildman–Crippen MR) is 76.5 cm³/mol. The number of nitrogens with zero attached hydrogens (tertiary/aromatic N) is 1. The second kappa shape index (κ2) is 6.81. The highest BCUT2D eigenvalue weighted by atomic mass is 35.5. The zero-order valence-electron chi connectivity index (χ0n) is 9.75. The summed E-state index contributed by atoms with van der Waals surface area (Å²) in [6, 6.07) is 6.21. The van der Waals surface area contributed by atoms with Crippen LogP contribution in [-0.4, -0.2) is 30.6 Å². The molecule has 17 heavy (non-hydrogen) atoms. The predicted octanol–water partition coefficient (Wildman–Crippen LogP) is 3.21. The van der Waals surface area contributed by atoms with E-state index >= 15 is 0 Å². The fraction of sp³-hybridized carbons (Fsp3) is 0.500. The van der Waals surface area contributed by atoms with Gasteiger partial charge in [0, 0.05) is 47.8 Å². The lowest BCUT2D eigenvalue weighted by atomic mass is 10.1. The minimum Gasteiger partial charge on any atom is -0.314 e. The van der Waals surface area contributed by atoms with Crippen LogP contribution in [0.4, 0.5) is 0 Å². The van der Waals surface area contributed by atoms with Crippen LogP contribution < -0.4 is 5.32 Å². The molecule has 1 fully saturated rings. The Kier molecular flexibility index (Phi) is 6.04. The fourth-order valence-electron chi connectivity index (χ4n) is 2.00. The zero-order valence-corrected chi connectivity index (χ0v) is 12.1. The molecule has 0 spiro atoms. The number of benzene rings is 1. The Bertz CT molecular complexity index is 351. The van der Waals surface area contributed by atoms with Gasteiger partial charge in [-0.3, -0.25) is 4.90 Å². The highest BCUT2D eigenvalue weighted by Crippen LogP contribution is 2.26. The Balaban J connectivity index is 0.00000144. The molecule has 1 atom stereocenters. The summed E-state index contributed by atoms with van der Waals surface area (Å²) in [5, 5.41) is 4.90. The van der Waals surface area contributed by atoms with Gasteiger partial charge in [0.25, 0.3) is 0 Å². The van der Waals surface area contributed by atoms with Gasteiger partial charge < -0.3 is 5.32 Å². The molecule has 0 saturated carbocycles. The van der Waals surface area contributed by atoms with Crippen molar-refractivity contribution in [2.24, 2.45) is 0 Å². The van der Waals surface area contributed by atoms with E-state index in [2.05, 4.69) is 17.1 Å². The molecule has 1 aliphatic rings. The van der Waals surface area contributed by atoms with Gasteiger partial charge in [0.05, 0.1) is 0 Å². The van der Waals surface area contributed by atoms with E-state index in [1.807, 2.05) is 18.2 Å². The number of hydrogen-bond donors (Lipinski definition) is 1. The summed E-state index contributed by atoms with van der Waals surface area (Å²) in [6.07, 6.45) is 0. The van der Waals surface area contributed by atoms with Gasteiger partial charge in [-0.2, -0.15) is 0 Å². The number of rotatable bonds is 2. The first-order chi connectivity index (χ1) is 7.68. The van der Waals surface area contributed by atoms with Crippen molar-refractivity contribution in [2.45, 2.75) is 19.5 Å². The van der Waals surface area contributed by atoms with Crippen LogP contribution in [0.15, 0.2) is 18.2 Å². The number of nitrogens with one attached hydrogen (secondary N) is 1. The molecule has 0 aliphatic carbocycles. The monoisotopic (exact) mass is 294 g/mol. The van der Waals surface area contributed by atoms with Crippen molar-refractivity contribution in [3.05, 3.63) is 33.8 Å². The Morgan fingerprint density at radius 2 is 2.00 bits per heavy atom. The molecule has 2 nitrogen and oxygen atoms in total. The van der Waals surface area contributed by atoms with Crippen molar-refractivity contribution in [2.75, 3.05) is 19.6 Å². The molecule has 5 heteroatoms. The molecule has 96 valence electrons. The molecule has 1 heterocycles. The first-order valence-corrected chi connectivity index (χ1v) is 6.31. The Morgan fingerprint density at radius 3 is 2.59 bits per heavy atom. The molecule has 1 aliphatic heterocycles. The third kappa shape index (κ3) is 3.73. The molecule has 1 aromatic carbocycles. The van der Waals surface area contributed by atoms with Crippen LogP contribution in [0.3, 0.4) is 0 Å². The Morgan fingerprint density at radius 1 is 1.35 bits per heavy atom. The average molecular weight is 296 g/mol. The maximum absolute atomic E-state index is 6.17. The van der Waals surface area contributed by atoms with Crippen molar-refractivity contribution < 1.29 is 0 Å². The molecule has 0 bridgehead atoms. The maximum Gasteiger partial charge on any atom is 0.0465 e. The summed E-state index contributed by atoms with van der Waals surface area (Å²) in [6.45, 7) is 6.16. The van der Waals surface area contributed by atoms with E-state index in [9.17, 15) is 0 Å². The summed E-state index contributed by atoms with van der Waals surface area (Å²) in [5.74, 6) is 0. The fourth-order valence-corrected chi connectivity index (χ4v) is 2.52. The minimum atomic E-state index is 0. The second-order valence-electron chi connectivity index (χ2n) is 4.22. The molecule has 1 aromatic rings. The van der Waals surface area contributed by atoms with E-state index in [4.69, 9.17) is 23.2 Å². The summed E-state index contributed by atoms with van der Waals surface area (Å²) in [4.78, 5) is 2.41. The second-order valence-corrected chi connectivity index (χ2v) is 5.04. The smallest absolute Gasteiger partial charge is 0.0465 e. The SMILES string of the molecule is C[C@@H]1CNCCN1Cc1c(Cl)cccc1Cl.Cl. The molecule has 1 N–H and O–H groups in total. The maximum atomic E-state index is 6.17. The topological polar surface area (TPSA) is 15.3 Å².